The van der Waals surface area contributed by atoms with Crippen molar-refractivity contribution >= 4 is 5.82 Å². The zero-order chi connectivity index (χ0) is 9.26. The normalized spacial score (nSPS) is 17.2. The van der Waals surface area contributed by atoms with Crippen LogP contribution in [-0.4, -0.2) is 24.7 Å². The predicted molar refractivity (Wildman–Crippen MR) is 53.8 cm³/mol. The molecule has 0 aliphatic carbocycles. The molecule has 3 heteroatoms. The standard InChI is InChI=1S/C10H15N3/c1-8(11-2)13-7-5-9-4-3-6-12-10(9)13/h3-4,6,8,11H,5,7H2,1-2H3. The Balaban J connectivity index is 2.28. The molecule has 1 aliphatic rings. The Labute approximate surface area is 78.8 Å². The largest absolute Gasteiger partial charge is 0.341 e. The number of pyridine rings is 1. The van der Waals surface area contributed by atoms with Gasteiger partial charge >= 0.3 is 0 Å². The fraction of sp³-hybridized carbons (Fsp3) is 0.500. The summed E-state index contributed by atoms with van der Waals surface area (Å²) in [5.41, 5.74) is 1.37. The smallest absolute Gasteiger partial charge is 0.133 e. The van der Waals surface area contributed by atoms with E-state index in [1.54, 1.807) is 0 Å². The highest BCUT2D eigenvalue weighted by molar-refractivity contribution is 5.52. The minimum Gasteiger partial charge on any atom is -0.341 e. The van der Waals surface area contributed by atoms with E-state index in [9.17, 15) is 0 Å². The third-order valence-electron chi connectivity index (χ3n) is 2.65. The van der Waals surface area contributed by atoms with Crippen LogP contribution < -0.4 is 10.2 Å². The highest BCUT2D eigenvalue weighted by Gasteiger charge is 2.22. The van der Waals surface area contributed by atoms with E-state index in [0.717, 1.165) is 18.8 Å². The van der Waals surface area contributed by atoms with Crippen LogP contribution in [-0.2, 0) is 6.42 Å². The first kappa shape index (κ1) is 8.51. The Morgan fingerprint density at radius 2 is 2.46 bits per heavy atom. The summed E-state index contributed by atoms with van der Waals surface area (Å²) in [7, 11) is 1.98. The van der Waals surface area contributed by atoms with Crippen LogP contribution >= 0.6 is 0 Å². The molecular formula is C10H15N3. The van der Waals surface area contributed by atoms with Crippen molar-refractivity contribution in [3.05, 3.63) is 23.9 Å². The molecule has 1 atom stereocenters. The first-order valence-corrected chi connectivity index (χ1v) is 4.70. The molecule has 1 aromatic rings. The van der Waals surface area contributed by atoms with E-state index in [4.69, 9.17) is 0 Å². The Morgan fingerprint density at radius 1 is 1.62 bits per heavy atom. The first-order valence-electron chi connectivity index (χ1n) is 4.70. The van der Waals surface area contributed by atoms with Crippen LogP contribution in [0.4, 0.5) is 5.82 Å². The third kappa shape index (κ3) is 1.40. The second-order valence-corrected chi connectivity index (χ2v) is 3.39. The topological polar surface area (TPSA) is 28.2 Å². The molecule has 0 saturated carbocycles. The van der Waals surface area contributed by atoms with Gasteiger partial charge in [-0.2, -0.15) is 0 Å². The minimum absolute atomic E-state index is 0.371. The lowest BCUT2D eigenvalue weighted by molar-refractivity contribution is 0.574. The molecule has 0 bridgehead atoms. The van der Waals surface area contributed by atoms with Crippen LogP contribution in [0, 0.1) is 0 Å². The van der Waals surface area contributed by atoms with Crippen molar-refractivity contribution in [2.24, 2.45) is 0 Å². The van der Waals surface area contributed by atoms with Gasteiger partial charge in [0.2, 0.25) is 0 Å². The maximum atomic E-state index is 4.40. The molecule has 0 fully saturated rings. The van der Waals surface area contributed by atoms with Crippen molar-refractivity contribution in [2.45, 2.75) is 19.5 Å². The van der Waals surface area contributed by atoms with Crippen molar-refractivity contribution in [1.82, 2.24) is 10.3 Å². The number of hydrogen-bond acceptors (Lipinski definition) is 3. The summed E-state index contributed by atoms with van der Waals surface area (Å²) in [4.78, 5) is 6.70. The summed E-state index contributed by atoms with van der Waals surface area (Å²) in [6, 6.07) is 4.16. The Hall–Kier alpha value is -1.09. The number of hydrogen-bond donors (Lipinski definition) is 1. The number of aromatic nitrogens is 1. The minimum atomic E-state index is 0.371. The average Bonchev–Trinajstić information content (AvgIpc) is 2.60. The SMILES string of the molecule is CNC(C)N1CCc2cccnc21. The van der Waals surface area contributed by atoms with Gasteiger partial charge in [0.15, 0.2) is 0 Å². The van der Waals surface area contributed by atoms with Crippen molar-refractivity contribution < 1.29 is 0 Å². The molecule has 70 valence electrons. The number of nitrogens with one attached hydrogen (secondary N) is 1. The lowest BCUT2D eigenvalue weighted by Gasteiger charge is -2.25. The molecule has 1 unspecified atom stereocenters. The number of rotatable bonds is 2. The van der Waals surface area contributed by atoms with Gasteiger partial charge in [-0.1, -0.05) is 6.07 Å². The molecule has 3 nitrogen and oxygen atoms in total. The fourth-order valence-corrected chi connectivity index (χ4v) is 1.76. The molecule has 1 aromatic heterocycles. The van der Waals surface area contributed by atoms with Gasteiger partial charge in [0.1, 0.15) is 5.82 Å². The van der Waals surface area contributed by atoms with E-state index >= 15 is 0 Å². The summed E-state index contributed by atoms with van der Waals surface area (Å²) in [5.74, 6) is 1.14. The van der Waals surface area contributed by atoms with Crippen LogP contribution in [0.5, 0.6) is 0 Å². The Kier molecular flexibility index (Phi) is 2.19. The predicted octanol–water partition coefficient (Wildman–Crippen LogP) is 1.01. The van der Waals surface area contributed by atoms with Gasteiger partial charge in [0.25, 0.3) is 0 Å². The van der Waals surface area contributed by atoms with Crippen LogP contribution in [0.1, 0.15) is 12.5 Å². The lowest BCUT2D eigenvalue weighted by atomic mass is 10.2. The number of fused-ring (bicyclic) bond motifs is 1. The Bertz CT molecular complexity index is 298. The molecule has 1 aliphatic heterocycles. The molecule has 0 spiro atoms. The maximum Gasteiger partial charge on any atom is 0.133 e. The summed E-state index contributed by atoms with van der Waals surface area (Å²) in [6.07, 6.45) is 3.35. The highest BCUT2D eigenvalue weighted by Crippen LogP contribution is 2.25. The molecule has 0 saturated heterocycles. The average molecular weight is 177 g/mol. The molecular weight excluding hydrogens is 162 g/mol. The van der Waals surface area contributed by atoms with Crippen molar-refractivity contribution in [2.75, 3.05) is 18.5 Å². The summed E-state index contributed by atoms with van der Waals surface area (Å²) >= 11 is 0. The molecule has 2 heterocycles. The molecule has 0 radical (unpaired) electrons. The van der Waals surface area contributed by atoms with Crippen LogP contribution in [0.2, 0.25) is 0 Å². The zero-order valence-electron chi connectivity index (χ0n) is 8.12. The van der Waals surface area contributed by atoms with Crippen LogP contribution in [0.25, 0.3) is 0 Å². The Morgan fingerprint density at radius 3 is 3.23 bits per heavy atom. The quantitative estimate of drug-likeness (QED) is 0.730. The van der Waals surface area contributed by atoms with Gasteiger partial charge in [-0.15, -0.1) is 0 Å². The van der Waals surface area contributed by atoms with Crippen molar-refractivity contribution in [1.29, 1.82) is 0 Å². The van der Waals surface area contributed by atoms with E-state index in [-0.39, 0.29) is 0 Å². The summed E-state index contributed by atoms with van der Waals surface area (Å²) < 4.78 is 0. The van der Waals surface area contributed by atoms with Gasteiger partial charge in [0, 0.05) is 12.7 Å². The van der Waals surface area contributed by atoms with Gasteiger partial charge < -0.3 is 10.2 Å². The van der Waals surface area contributed by atoms with Gasteiger partial charge in [-0.05, 0) is 32.0 Å². The molecule has 0 amide bonds. The van der Waals surface area contributed by atoms with Gasteiger partial charge in [-0.3, -0.25) is 0 Å². The van der Waals surface area contributed by atoms with Gasteiger partial charge in [-0.25, -0.2) is 4.98 Å². The lowest BCUT2D eigenvalue weighted by Crippen LogP contribution is -2.41. The second kappa shape index (κ2) is 3.34. The second-order valence-electron chi connectivity index (χ2n) is 3.39. The van der Waals surface area contributed by atoms with Crippen molar-refractivity contribution in [3.63, 3.8) is 0 Å². The monoisotopic (exact) mass is 177 g/mol. The fourth-order valence-electron chi connectivity index (χ4n) is 1.76. The molecule has 13 heavy (non-hydrogen) atoms. The third-order valence-corrected chi connectivity index (χ3v) is 2.65. The molecule has 0 aromatic carbocycles. The van der Waals surface area contributed by atoms with Crippen LogP contribution in [0.3, 0.4) is 0 Å². The van der Waals surface area contributed by atoms with E-state index in [0.29, 0.717) is 6.17 Å². The first-order chi connectivity index (χ1) is 6.33. The highest BCUT2D eigenvalue weighted by atomic mass is 15.3. The van der Waals surface area contributed by atoms with E-state index in [1.165, 1.54) is 5.56 Å². The number of nitrogens with zero attached hydrogens (tertiary/aromatic N) is 2. The molecule has 2 rings (SSSR count). The van der Waals surface area contributed by atoms with Crippen molar-refractivity contribution in [3.8, 4) is 0 Å². The number of anilines is 1. The van der Waals surface area contributed by atoms with E-state index in [2.05, 4.69) is 28.2 Å². The summed E-state index contributed by atoms with van der Waals surface area (Å²) in [5, 5.41) is 3.23. The maximum absolute atomic E-state index is 4.40. The van der Waals surface area contributed by atoms with Crippen LogP contribution in [0.15, 0.2) is 18.3 Å². The van der Waals surface area contributed by atoms with E-state index < -0.39 is 0 Å². The summed E-state index contributed by atoms with van der Waals surface area (Å²) in [6.45, 7) is 3.23. The molecule has 1 N–H and O–H groups in total. The zero-order valence-corrected chi connectivity index (χ0v) is 8.12. The van der Waals surface area contributed by atoms with E-state index in [1.807, 2.05) is 19.3 Å². The van der Waals surface area contributed by atoms with Gasteiger partial charge in [0.05, 0.1) is 6.17 Å².